The minimum atomic E-state index is 0.316. The average Bonchev–Trinajstić information content (AvgIpc) is 2.72. The number of anilines is 1. The topological polar surface area (TPSA) is 60.9 Å². The van der Waals surface area contributed by atoms with Crippen LogP contribution in [0, 0.1) is 6.92 Å². The lowest BCUT2D eigenvalue weighted by molar-refractivity contribution is 0.469. The van der Waals surface area contributed by atoms with Gasteiger partial charge in [0.2, 0.25) is 0 Å². The van der Waals surface area contributed by atoms with Crippen molar-refractivity contribution in [2.45, 2.75) is 13.5 Å². The maximum atomic E-state index is 9.60. The van der Waals surface area contributed by atoms with Gasteiger partial charge < -0.3 is 10.4 Å². The molecule has 0 spiro atoms. The number of phenolic OH excluding ortho intramolecular Hbond substituents is 1. The van der Waals surface area contributed by atoms with Crippen LogP contribution in [0.4, 0.5) is 5.69 Å². The number of hydrogen-bond donors (Lipinski definition) is 3. The van der Waals surface area contributed by atoms with Crippen LogP contribution < -0.4 is 5.32 Å². The van der Waals surface area contributed by atoms with Crippen molar-refractivity contribution in [3.8, 4) is 5.75 Å². The van der Waals surface area contributed by atoms with Crippen molar-refractivity contribution in [2.24, 2.45) is 0 Å². The standard InChI is InChI=1S/C11H13N3O/c1-8-2-3-11(15)9(4-8)5-12-10-6-13-14-7-10/h2-4,6-7,12,15H,5H2,1H3,(H,13,14). The second kappa shape index (κ2) is 4.04. The van der Waals surface area contributed by atoms with Crippen molar-refractivity contribution in [1.82, 2.24) is 10.2 Å². The molecule has 78 valence electrons. The number of phenols is 1. The number of aromatic amines is 1. The van der Waals surface area contributed by atoms with Gasteiger partial charge in [-0.1, -0.05) is 17.7 Å². The van der Waals surface area contributed by atoms with Crippen LogP contribution in [0.15, 0.2) is 30.6 Å². The van der Waals surface area contributed by atoms with E-state index in [1.165, 1.54) is 0 Å². The summed E-state index contributed by atoms with van der Waals surface area (Å²) < 4.78 is 0. The maximum Gasteiger partial charge on any atom is 0.120 e. The Morgan fingerprint density at radius 1 is 1.47 bits per heavy atom. The lowest BCUT2D eigenvalue weighted by Crippen LogP contribution is -1.98. The van der Waals surface area contributed by atoms with Crippen molar-refractivity contribution < 1.29 is 5.11 Å². The third kappa shape index (κ3) is 2.28. The molecule has 0 atom stereocenters. The minimum absolute atomic E-state index is 0.316. The van der Waals surface area contributed by atoms with Gasteiger partial charge in [-0.05, 0) is 13.0 Å². The van der Waals surface area contributed by atoms with Gasteiger partial charge in [0, 0.05) is 18.3 Å². The van der Waals surface area contributed by atoms with E-state index in [1.807, 2.05) is 19.1 Å². The largest absolute Gasteiger partial charge is 0.508 e. The summed E-state index contributed by atoms with van der Waals surface area (Å²) in [4.78, 5) is 0. The molecule has 0 unspecified atom stereocenters. The van der Waals surface area contributed by atoms with E-state index in [0.717, 1.165) is 16.8 Å². The predicted octanol–water partition coefficient (Wildman–Crippen LogP) is 2.04. The normalized spacial score (nSPS) is 10.2. The third-order valence-corrected chi connectivity index (χ3v) is 2.22. The van der Waals surface area contributed by atoms with E-state index in [4.69, 9.17) is 0 Å². The highest BCUT2D eigenvalue weighted by atomic mass is 16.3. The highest BCUT2D eigenvalue weighted by Gasteiger charge is 2.01. The van der Waals surface area contributed by atoms with Gasteiger partial charge in [-0.25, -0.2) is 0 Å². The summed E-state index contributed by atoms with van der Waals surface area (Å²) in [6.07, 6.45) is 3.47. The summed E-state index contributed by atoms with van der Waals surface area (Å²) >= 11 is 0. The van der Waals surface area contributed by atoms with E-state index in [-0.39, 0.29) is 0 Å². The molecule has 0 amide bonds. The first-order valence-corrected chi connectivity index (χ1v) is 4.77. The molecular weight excluding hydrogens is 190 g/mol. The molecule has 1 aromatic carbocycles. The Labute approximate surface area is 88.0 Å². The van der Waals surface area contributed by atoms with E-state index in [9.17, 15) is 5.11 Å². The van der Waals surface area contributed by atoms with Crippen molar-refractivity contribution >= 4 is 5.69 Å². The molecule has 15 heavy (non-hydrogen) atoms. The fourth-order valence-electron chi connectivity index (χ4n) is 1.40. The highest BCUT2D eigenvalue weighted by molar-refractivity contribution is 5.42. The minimum Gasteiger partial charge on any atom is -0.508 e. The van der Waals surface area contributed by atoms with Crippen LogP contribution in [0.3, 0.4) is 0 Å². The summed E-state index contributed by atoms with van der Waals surface area (Å²) in [7, 11) is 0. The smallest absolute Gasteiger partial charge is 0.120 e. The molecule has 0 aliphatic heterocycles. The average molecular weight is 203 g/mol. The second-order valence-electron chi connectivity index (χ2n) is 3.47. The molecule has 0 radical (unpaired) electrons. The Balaban J connectivity index is 2.07. The van der Waals surface area contributed by atoms with Crippen molar-refractivity contribution in [1.29, 1.82) is 0 Å². The summed E-state index contributed by atoms with van der Waals surface area (Å²) in [5, 5.41) is 19.3. The Bertz CT molecular complexity index is 437. The number of nitrogens with one attached hydrogen (secondary N) is 2. The fourth-order valence-corrected chi connectivity index (χ4v) is 1.40. The Morgan fingerprint density at radius 3 is 3.07 bits per heavy atom. The quantitative estimate of drug-likeness (QED) is 0.715. The fraction of sp³-hybridized carbons (Fsp3) is 0.182. The first-order valence-electron chi connectivity index (χ1n) is 4.77. The Hall–Kier alpha value is -1.97. The molecule has 0 saturated heterocycles. The van der Waals surface area contributed by atoms with Crippen LogP contribution in [0.1, 0.15) is 11.1 Å². The molecule has 1 aromatic heterocycles. The van der Waals surface area contributed by atoms with Gasteiger partial charge in [-0.2, -0.15) is 5.10 Å². The molecule has 0 aliphatic carbocycles. The first-order chi connectivity index (χ1) is 7.25. The van der Waals surface area contributed by atoms with Crippen LogP contribution in [0.25, 0.3) is 0 Å². The summed E-state index contributed by atoms with van der Waals surface area (Å²) in [5.41, 5.74) is 2.93. The molecule has 1 heterocycles. The van der Waals surface area contributed by atoms with Gasteiger partial charge in [-0.15, -0.1) is 0 Å². The summed E-state index contributed by atoms with van der Waals surface area (Å²) in [6.45, 7) is 2.59. The van der Waals surface area contributed by atoms with Crippen LogP contribution in [-0.2, 0) is 6.54 Å². The lowest BCUT2D eigenvalue weighted by atomic mass is 10.1. The van der Waals surface area contributed by atoms with Gasteiger partial charge in [0.05, 0.1) is 11.9 Å². The molecule has 0 saturated carbocycles. The number of aromatic nitrogens is 2. The molecule has 2 aromatic rings. The van der Waals surface area contributed by atoms with E-state index in [2.05, 4.69) is 15.5 Å². The van der Waals surface area contributed by atoms with E-state index >= 15 is 0 Å². The molecular formula is C11H13N3O. The summed E-state index contributed by atoms with van der Waals surface area (Å²) in [5.74, 6) is 0.316. The third-order valence-electron chi connectivity index (χ3n) is 2.22. The Morgan fingerprint density at radius 2 is 2.33 bits per heavy atom. The first kappa shape index (κ1) is 9.58. The highest BCUT2D eigenvalue weighted by Crippen LogP contribution is 2.19. The molecule has 4 nitrogen and oxygen atoms in total. The number of benzene rings is 1. The predicted molar refractivity (Wildman–Crippen MR) is 58.8 cm³/mol. The van der Waals surface area contributed by atoms with Crippen LogP contribution >= 0.6 is 0 Å². The molecule has 0 fully saturated rings. The maximum absolute atomic E-state index is 9.60. The van der Waals surface area contributed by atoms with E-state index < -0.39 is 0 Å². The van der Waals surface area contributed by atoms with Gasteiger partial charge in [0.1, 0.15) is 5.75 Å². The van der Waals surface area contributed by atoms with E-state index in [0.29, 0.717) is 12.3 Å². The summed E-state index contributed by atoms with van der Waals surface area (Å²) in [6, 6.07) is 5.56. The van der Waals surface area contributed by atoms with Crippen LogP contribution in [0.5, 0.6) is 5.75 Å². The van der Waals surface area contributed by atoms with Crippen molar-refractivity contribution in [3.63, 3.8) is 0 Å². The zero-order valence-electron chi connectivity index (χ0n) is 8.49. The van der Waals surface area contributed by atoms with Crippen LogP contribution in [-0.4, -0.2) is 15.3 Å². The number of aromatic hydroxyl groups is 1. The lowest BCUT2D eigenvalue weighted by Gasteiger charge is -2.06. The molecule has 0 aliphatic rings. The van der Waals surface area contributed by atoms with E-state index in [1.54, 1.807) is 18.5 Å². The van der Waals surface area contributed by atoms with Crippen LogP contribution in [0.2, 0.25) is 0 Å². The number of nitrogens with zero attached hydrogens (tertiary/aromatic N) is 1. The van der Waals surface area contributed by atoms with Crippen molar-refractivity contribution in [3.05, 3.63) is 41.7 Å². The van der Waals surface area contributed by atoms with Crippen molar-refractivity contribution in [2.75, 3.05) is 5.32 Å². The molecule has 4 heteroatoms. The number of rotatable bonds is 3. The molecule has 3 N–H and O–H groups in total. The monoisotopic (exact) mass is 203 g/mol. The second-order valence-corrected chi connectivity index (χ2v) is 3.47. The number of aryl methyl sites for hydroxylation is 1. The molecule has 0 bridgehead atoms. The zero-order valence-corrected chi connectivity index (χ0v) is 8.49. The Kier molecular flexibility index (Phi) is 2.58. The molecule has 2 rings (SSSR count). The van der Waals surface area contributed by atoms with Gasteiger partial charge >= 0.3 is 0 Å². The van der Waals surface area contributed by atoms with Gasteiger partial charge in [0.15, 0.2) is 0 Å². The van der Waals surface area contributed by atoms with Gasteiger partial charge in [-0.3, -0.25) is 5.10 Å². The number of hydrogen-bond acceptors (Lipinski definition) is 3. The van der Waals surface area contributed by atoms with Gasteiger partial charge in [0.25, 0.3) is 0 Å². The number of H-pyrrole nitrogens is 1. The zero-order chi connectivity index (χ0) is 10.7. The SMILES string of the molecule is Cc1ccc(O)c(CNc2cn[nH]c2)c1.